The van der Waals surface area contributed by atoms with Crippen molar-refractivity contribution < 1.29 is 24.2 Å². The van der Waals surface area contributed by atoms with Crippen molar-refractivity contribution in [2.75, 3.05) is 7.11 Å². The number of carbonyl (C=O) groups excluding carboxylic acids is 2. The second-order valence-electron chi connectivity index (χ2n) is 6.79. The molecule has 1 aliphatic carbocycles. The minimum atomic E-state index is -0.708. The molecule has 1 heterocycles. The van der Waals surface area contributed by atoms with Crippen LogP contribution < -0.4 is 15.4 Å². The fourth-order valence-electron chi connectivity index (χ4n) is 3.53. The number of halogens is 1. The number of allylic oxidation sites excluding steroid dienone is 1. The average Bonchev–Trinajstić information content (AvgIpc) is 2.63. The summed E-state index contributed by atoms with van der Waals surface area (Å²) in [6.07, 6.45) is 4.90. The average molecular weight is 439 g/mol. The van der Waals surface area contributed by atoms with Gasteiger partial charge in [-0.2, -0.15) is 0 Å². The van der Waals surface area contributed by atoms with Gasteiger partial charge in [0.2, 0.25) is 0 Å². The van der Waals surface area contributed by atoms with Crippen LogP contribution in [0.5, 0.6) is 11.5 Å². The lowest BCUT2D eigenvalue weighted by Gasteiger charge is -2.30. The summed E-state index contributed by atoms with van der Waals surface area (Å²) < 4.78 is 11.3. The molecule has 8 heteroatoms. The fourth-order valence-corrected chi connectivity index (χ4v) is 3.99. The number of hydrogen-bond donors (Lipinski definition) is 3. The summed E-state index contributed by atoms with van der Waals surface area (Å²) in [5, 5.41) is 15.4. The molecule has 1 aliphatic heterocycles. The lowest BCUT2D eigenvalue weighted by Crippen LogP contribution is -2.45. The Morgan fingerprint density at radius 3 is 2.63 bits per heavy atom. The zero-order valence-corrected chi connectivity index (χ0v) is 16.9. The Morgan fingerprint density at radius 1 is 1.26 bits per heavy atom. The van der Waals surface area contributed by atoms with E-state index in [2.05, 4.69) is 26.6 Å². The number of methoxy groups -OCH3 is 1. The maximum absolute atomic E-state index is 12.9. The normalized spacial score (nSPS) is 20.7. The molecule has 1 atom stereocenters. The number of aromatic hydroxyl groups is 1. The molecule has 7 nitrogen and oxygen atoms in total. The first-order valence-corrected chi connectivity index (χ1v) is 9.75. The molecule has 0 bridgehead atoms. The number of urea groups is 1. The molecular formula is C19H23BrN2O5. The highest BCUT2D eigenvalue weighted by Gasteiger charge is 2.34. The van der Waals surface area contributed by atoms with E-state index >= 15 is 0 Å². The number of amides is 2. The van der Waals surface area contributed by atoms with E-state index in [-0.39, 0.29) is 17.6 Å². The van der Waals surface area contributed by atoms with Crippen LogP contribution in [0.3, 0.4) is 0 Å². The Labute approximate surface area is 166 Å². The number of phenolic OH excluding ortho intramolecular Hbond substituents is 1. The van der Waals surface area contributed by atoms with Crippen molar-refractivity contribution in [3.63, 3.8) is 0 Å². The molecule has 1 fully saturated rings. The monoisotopic (exact) mass is 438 g/mol. The van der Waals surface area contributed by atoms with E-state index in [1.165, 1.54) is 7.11 Å². The molecule has 1 aromatic carbocycles. The molecule has 0 saturated heterocycles. The number of benzene rings is 1. The third-order valence-corrected chi connectivity index (χ3v) is 5.52. The summed E-state index contributed by atoms with van der Waals surface area (Å²) in [5.74, 6) is -0.251. The van der Waals surface area contributed by atoms with Gasteiger partial charge in [0.1, 0.15) is 6.10 Å². The highest BCUT2D eigenvalue weighted by atomic mass is 79.9. The number of ether oxygens (including phenoxy) is 2. The zero-order valence-electron chi connectivity index (χ0n) is 15.3. The highest BCUT2D eigenvalue weighted by Crippen LogP contribution is 2.39. The van der Waals surface area contributed by atoms with Crippen LogP contribution in [0.1, 0.15) is 50.6 Å². The molecule has 0 unspecified atom stereocenters. The van der Waals surface area contributed by atoms with Crippen LogP contribution in [0.25, 0.3) is 0 Å². The van der Waals surface area contributed by atoms with Crippen LogP contribution in [0.4, 0.5) is 4.79 Å². The van der Waals surface area contributed by atoms with E-state index in [1.54, 1.807) is 19.1 Å². The van der Waals surface area contributed by atoms with Crippen molar-refractivity contribution in [3.8, 4) is 11.5 Å². The smallest absolute Gasteiger partial charge is 0.338 e. The number of hydrogen-bond acceptors (Lipinski definition) is 5. The molecule has 146 valence electrons. The van der Waals surface area contributed by atoms with E-state index in [1.807, 2.05) is 0 Å². The molecule has 0 radical (unpaired) electrons. The number of rotatable bonds is 4. The summed E-state index contributed by atoms with van der Waals surface area (Å²) >= 11 is 3.28. The predicted octanol–water partition coefficient (Wildman–Crippen LogP) is 3.67. The Balaban J connectivity index is 1.94. The standard InChI is InChI=1S/C19H23BrN2O5/c1-10-15(18(24)27-12-6-4-3-5-7-12)16(22-19(25)21-10)11-8-13(20)17(23)14(9-11)26-2/h8-9,12,16,23H,3-7H2,1-2H3,(H2,21,22,25)/t16-/m0/s1. The summed E-state index contributed by atoms with van der Waals surface area (Å²) in [5.41, 5.74) is 1.40. The quantitative estimate of drug-likeness (QED) is 0.623. The molecule has 2 amide bonds. The predicted molar refractivity (Wildman–Crippen MR) is 102 cm³/mol. The van der Waals surface area contributed by atoms with Gasteiger partial charge in [0.25, 0.3) is 0 Å². The van der Waals surface area contributed by atoms with Crippen molar-refractivity contribution in [2.45, 2.75) is 51.2 Å². The zero-order chi connectivity index (χ0) is 19.6. The van der Waals surface area contributed by atoms with Crippen molar-refractivity contribution in [1.82, 2.24) is 10.6 Å². The molecule has 1 saturated carbocycles. The van der Waals surface area contributed by atoms with Crippen LogP contribution in [0.15, 0.2) is 27.9 Å². The second kappa shape index (κ2) is 8.21. The van der Waals surface area contributed by atoms with Gasteiger partial charge in [-0.05, 0) is 66.2 Å². The van der Waals surface area contributed by atoms with Gasteiger partial charge in [-0.1, -0.05) is 6.42 Å². The third-order valence-electron chi connectivity index (χ3n) is 4.92. The molecule has 0 aromatic heterocycles. The maximum Gasteiger partial charge on any atom is 0.338 e. The minimum Gasteiger partial charge on any atom is -0.503 e. The minimum absolute atomic E-state index is 0.0476. The highest BCUT2D eigenvalue weighted by molar-refractivity contribution is 9.10. The third kappa shape index (κ3) is 4.21. The van der Waals surface area contributed by atoms with Gasteiger partial charge in [-0.3, -0.25) is 0 Å². The molecule has 27 heavy (non-hydrogen) atoms. The molecule has 2 aliphatic rings. The first kappa shape index (κ1) is 19.5. The largest absolute Gasteiger partial charge is 0.503 e. The number of esters is 1. The van der Waals surface area contributed by atoms with E-state index in [0.29, 0.717) is 21.3 Å². The van der Waals surface area contributed by atoms with E-state index in [4.69, 9.17) is 9.47 Å². The molecule has 3 rings (SSSR count). The van der Waals surface area contributed by atoms with Crippen LogP contribution in [-0.4, -0.2) is 30.3 Å². The van der Waals surface area contributed by atoms with Gasteiger partial charge in [0, 0.05) is 5.70 Å². The first-order valence-electron chi connectivity index (χ1n) is 8.96. The molecule has 3 N–H and O–H groups in total. The summed E-state index contributed by atoms with van der Waals surface area (Å²) in [7, 11) is 1.44. The lowest BCUT2D eigenvalue weighted by molar-refractivity contribution is -0.146. The number of carbonyl (C=O) groups is 2. The maximum atomic E-state index is 12.9. The van der Waals surface area contributed by atoms with Crippen LogP contribution in [0.2, 0.25) is 0 Å². The first-order chi connectivity index (χ1) is 12.9. The summed E-state index contributed by atoms with van der Waals surface area (Å²) in [4.78, 5) is 24.9. The van der Waals surface area contributed by atoms with Gasteiger partial charge in [-0.25, -0.2) is 9.59 Å². The van der Waals surface area contributed by atoms with Crippen LogP contribution in [-0.2, 0) is 9.53 Å². The second-order valence-corrected chi connectivity index (χ2v) is 7.64. The molecule has 1 aromatic rings. The Kier molecular flexibility index (Phi) is 5.94. The van der Waals surface area contributed by atoms with Crippen molar-refractivity contribution >= 4 is 27.9 Å². The summed E-state index contributed by atoms with van der Waals surface area (Å²) in [6, 6.07) is 2.13. The fraction of sp³-hybridized carbons (Fsp3) is 0.474. The summed E-state index contributed by atoms with van der Waals surface area (Å²) in [6.45, 7) is 1.68. The number of nitrogens with one attached hydrogen (secondary N) is 2. The topological polar surface area (TPSA) is 96.9 Å². The Hall–Kier alpha value is -2.22. The van der Waals surface area contributed by atoms with Gasteiger partial charge in [0.05, 0.1) is 23.2 Å². The van der Waals surface area contributed by atoms with E-state index in [0.717, 1.165) is 32.1 Å². The van der Waals surface area contributed by atoms with Gasteiger partial charge in [-0.15, -0.1) is 0 Å². The Bertz CT molecular complexity index is 787. The molecular weight excluding hydrogens is 416 g/mol. The lowest BCUT2D eigenvalue weighted by atomic mass is 9.94. The van der Waals surface area contributed by atoms with Gasteiger partial charge >= 0.3 is 12.0 Å². The van der Waals surface area contributed by atoms with E-state index in [9.17, 15) is 14.7 Å². The van der Waals surface area contributed by atoms with E-state index < -0.39 is 18.0 Å². The van der Waals surface area contributed by atoms with Gasteiger partial charge in [0.15, 0.2) is 11.5 Å². The SMILES string of the molecule is COc1cc([C@@H]2NC(=O)NC(C)=C2C(=O)OC2CCCCC2)cc(Br)c1O. The Morgan fingerprint density at radius 2 is 1.96 bits per heavy atom. The van der Waals surface area contributed by atoms with Crippen molar-refractivity contribution in [2.24, 2.45) is 0 Å². The van der Waals surface area contributed by atoms with Crippen LogP contribution >= 0.6 is 15.9 Å². The van der Waals surface area contributed by atoms with Gasteiger partial charge < -0.3 is 25.2 Å². The van der Waals surface area contributed by atoms with Crippen LogP contribution in [0, 0.1) is 0 Å². The molecule has 0 spiro atoms. The van der Waals surface area contributed by atoms with Crippen molar-refractivity contribution in [3.05, 3.63) is 33.4 Å². The number of phenols is 1. The van der Waals surface area contributed by atoms with Crippen molar-refractivity contribution in [1.29, 1.82) is 0 Å².